The zero-order valence-corrected chi connectivity index (χ0v) is 15.6. The van der Waals surface area contributed by atoms with Crippen molar-refractivity contribution >= 4 is 39.7 Å². The van der Waals surface area contributed by atoms with E-state index in [4.69, 9.17) is 21.8 Å². The van der Waals surface area contributed by atoms with Crippen molar-refractivity contribution in [2.75, 3.05) is 13.1 Å². The quantitative estimate of drug-likeness (QED) is 0.628. The maximum Gasteiger partial charge on any atom is 0.254 e. The van der Waals surface area contributed by atoms with E-state index in [-0.39, 0.29) is 11.8 Å². The number of carbonyl (C=O) groups excluding carboxylic acids is 1. The Bertz CT molecular complexity index is 1020. The van der Waals surface area contributed by atoms with E-state index in [1.807, 2.05) is 47.4 Å². The molecular formula is C20H16ClN3OS. The smallest absolute Gasteiger partial charge is 0.254 e. The number of hydrogen-bond donors (Lipinski definition) is 0. The first-order chi connectivity index (χ1) is 12.7. The fourth-order valence-electron chi connectivity index (χ4n) is 3.31. The Balaban J connectivity index is 1.76. The SMILES string of the molecule is N#CC1CCN(C(=O)c2cc(-c3ccc(Cl)s3)nc3ccccc23)CC1. The largest absolute Gasteiger partial charge is 0.339 e. The molecular weight excluding hydrogens is 366 g/mol. The van der Waals surface area contributed by atoms with Crippen LogP contribution in [0.2, 0.25) is 4.34 Å². The van der Waals surface area contributed by atoms with E-state index in [0.717, 1.165) is 34.3 Å². The number of likely N-dealkylation sites (tertiary alicyclic amines) is 1. The molecule has 1 saturated heterocycles. The summed E-state index contributed by atoms with van der Waals surface area (Å²) in [6.07, 6.45) is 1.47. The van der Waals surface area contributed by atoms with Crippen molar-refractivity contribution < 1.29 is 4.79 Å². The number of aromatic nitrogens is 1. The minimum absolute atomic E-state index is 0.00360. The van der Waals surface area contributed by atoms with Gasteiger partial charge in [-0.25, -0.2) is 4.98 Å². The molecule has 0 saturated carbocycles. The topological polar surface area (TPSA) is 57.0 Å². The minimum Gasteiger partial charge on any atom is -0.339 e. The summed E-state index contributed by atoms with van der Waals surface area (Å²) in [5.74, 6) is 0.0564. The molecule has 1 fully saturated rings. The van der Waals surface area contributed by atoms with Gasteiger partial charge in [0.2, 0.25) is 0 Å². The monoisotopic (exact) mass is 381 g/mol. The second kappa shape index (κ2) is 7.06. The molecule has 130 valence electrons. The lowest BCUT2D eigenvalue weighted by Crippen LogP contribution is -2.38. The molecule has 0 atom stereocenters. The molecule has 3 aromatic rings. The number of benzene rings is 1. The summed E-state index contributed by atoms with van der Waals surface area (Å²) in [5.41, 5.74) is 2.21. The lowest BCUT2D eigenvalue weighted by atomic mass is 9.97. The molecule has 0 bridgehead atoms. The van der Waals surface area contributed by atoms with Crippen LogP contribution in [0.15, 0.2) is 42.5 Å². The molecule has 0 spiro atoms. The predicted octanol–water partition coefficient (Wildman–Crippen LogP) is 4.99. The second-order valence-corrected chi connectivity index (χ2v) is 8.09. The summed E-state index contributed by atoms with van der Waals surface area (Å²) in [6.45, 7) is 1.24. The zero-order valence-electron chi connectivity index (χ0n) is 14.0. The van der Waals surface area contributed by atoms with Gasteiger partial charge in [-0.1, -0.05) is 29.8 Å². The third-order valence-corrected chi connectivity index (χ3v) is 5.99. The molecule has 26 heavy (non-hydrogen) atoms. The number of hydrogen-bond acceptors (Lipinski definition) is 4. The molecule has 1 aromatic carbocycles. The number of carbonyl (C=O) groups is 1. The van der Waals surface area contributed by atoms with E-state index in [2.05, 4.69) is 6.07 Å². The molecule has 6 heteroatoms. The molecule has 0 N–H and O–H groups in total. The van der Waals surface area contributed by atoms with Crippen LogP contribution in [0, 0.1) is 17.2 Å². The Morgan fingerprint density at radius 1 is 1.23 bits per heavy atom. The number of halogens is 1. The number of rotatable bonds is 2. The molecule has 0 aliphatic carbocycles. The third kappa shape index (κ3) is 3.18. The number of fused-ring (bicyclic) bond motifs is 1. The molecule has 0 radical (unpaired) electrons. The molecule has 4 rings (SSSR count). The average molecular weight is 382 g/mol. The van der Waals surface area contributed by atoms with E-state index < -0.39 is 0 Å². The van der Waals surface area contributed by atoms with Crippen LogP contribution < -0.4 is 0 Å². The van der Waals surface area contributed by atoms with E-state index in [9.17, 15) is 4.79 Å². The lowest BCUT2D eigenvalue weighted by molar-refractivity contribution is 0.0709. The number of nitrogens with zero attached hydrogens (tertiary/aromatic N) is 3. The zero-order chi connectivity index (χ0) is 18.1. The Labute approximate surface area is 160 Å². The number of thiophene rings is 1. The standard InChI is InChI=1S/C20H16ClN3OS/c21-19-6-5-18(26-19)17-11-15(14-3-1-2-4-16(14)23-17)20(25)24-9-7-13(12-22)8-10-24/h1-6,11,13H,7-10H2. The summed E-state index contributed by atoms with van der Waals surface area (Å²) in [7, 11) is 0. The van der Waals surface area contributed by atoms with Gasteiger partial charge in [0.25, 0.3) is 5.91 Å². The van der Waals surface area contributed by atoms with E-state index in [1.165, 1.54) is 11.3 Å². The molecule has 1 amide bonds. The van der Waals surface area contributed by atoms with Gasteiger partial charge in [-0.05, 0) is 37.1 Å². The molecule has 2 aromatic heterocycles. The summed E-state index contributed by atoms with van der Waals surface area (Å²) in [6, 6.07) is 15.6. The second-order valence-electron chi connectivity index (χ2n) is 6.37. The van der Waals surface area contributed by atoms with Crippen LogP contribution in [0.25, 0.3) is 21.5 Å². The number of para-hydroxylation sites is 1. The Morgan fingerprint density at radius 2 is 2.00 bits per heavy atom. The first-order valence-electron chi connectivity index (χ1n) is 8.50. The lowest BCUT2D eigenvalue weighted by Gasteiger charge is -2.29. The highest BCUT2D eigenvalue weighted by molar-refractivity contribution is 7.19. The number of pyridine rings is 1. The van der Waals surface area contributed by atoms with Crippen molar-refractivity contribution in [1.82, 2.24) is 9.88 Å². The molecule has 3 heterocycles. The normalized spacial score (nSPS) is 15.2. The molecule has 4 nitrogen and oxygen atoms in total. The van der Waals surface area contributed by atoms with Crippen LogP contribution in [-0.4, -0.2) is 28.9 Å². The van der Waals surface area contributed by atoms with Crippen LogP contribution in [0.3, 0.4) is 0 Å². The van der Waals surface area contributed by atoms with Crippen molar-refractivity contribution in [3.05, 3.63) is 52.4 Å². The Morgan fingerprint density at radius 3 is 2.69 bits per heavy atom. The van der Waals surface area contributed by atoms with Gasteiger partial charge in [0, 0.05) is 24.4 Å². The van der Waals surface area contributed by atoms with Crippen molar-refractivity contribution in [2.24, 2.45) is 5.92 Å². The Kier molecular flexibility index (Phi) is 4.62. The maximum absolute atomic E-state index is 13.2. The van der Waals surface area contributed by atoms with Crippen molar-refractivity contribution in [3.8, 4) is 16.6 Å². The molecule has 1 aliphatic heterocycles. The van der Waals surface area contributed by atoms with Gasteiger partial charge in [0.15, 0.2) is 0 Å². The fraction of sp³-hybridized carbons (Fsp3) is 0.250. The van der Waals surface area contributed by atoms with Crippen molar-refractivity contribution in [3.63, 3.8) is 0 Å². The summed E-state index contributed by atoms with van der Waals surface area (Å²) >= 11 is 7.52. The van der Waals surface area contributed by atoms with Gasteiger partial charge < -0.3 is 4.90 Å². The summed E-state index contributed by atoms with van der Waals surface area (Å²) in [5, 5.41) is 9.92. The summed E-state index contributed by atoms with van der Waals surface area (Å²) < 4.78 is 0.696. The van der Waals surface area contributed by atoms with E-state index in [0.29, 0.717) is 23.0 Å². The van der Waals surface area contributed by atoms with Crippen LogP contribution in [0.4, 0.5) is 0 Å². The highest BCUT2D eigenvalue weighted by Crippen LogP contribution is 2.33. The highest BCUT2D eigenvalue weighted by atomic mass is 35.5. The van der Waals surface area contributed by atoms with Gasteiger partial charge in [0.1, 0.15) is 0 Å². The van der Waals surface area contributed by atoms with Crippen molar-refractivity contribution in [2.45, 2.75) is 12.8 Å². The van der Waals surface area contributed by atoms with Gasteiger partial charge in [-0.2, -0.15) is 5.26 Å². The van der Waals surface area contributed by atoms with Crippen LogP contribution in [0.1, 0.15) is 23.2 Å². The number of piperidine rings is 1. The Hall–Kier alpha value is -2.42. The molecule has 1 aliphatic rings. The third-order valence-electron chi connectivity index (χ3n) is 4.74. The number of amides is 1. The van der Waals surface area contributed by atoms with E-state index >= 15 is 0 Å². The number of nitriles is 1. The van der Waals surface area contributed by atoms with Crippen LogP contribution in [-0.2, 0) is 0 Å². The minimum atomic E-state index is 0.00360. The van der Waals surface area contributed by atoms with Gasteiger partial charge >= 0.3 is 0 Å². The fourth-order valence-corrected chi connectivity index (χ4v) is 4.32. The maximum atomic E-state index is 13.2. The van der Waals surface area contributed by atoms with Crippen LogP contribution >= 0.6 is 22.9 Å². The van der Waals surface area contributed by atoms with Gasteiger partial charge in [0.05, 0.1) is 32.1 Å². The van der Waals surface area contributed by atoms with Crippen molar-refractivity contribution in [1.29, 1.82) is 5.26 Å². The summed E-state index contributed by atoms with van der Waals surface area (Å²) in [4.78, 5) is 20.7. The van der Waals surface area contributed by atoms with Gasteiger partial charge in [-0.15, -0.1) is 11.3 Å². The predicted molar refractivity (Wildman–Crippen MR) is 104 cm³/mol. The van der Waals surface area contributed by atoms with E-state index in [1.54, 1.807) is 0 Å². The van der Waals surface area contributed by atoms with Crippen LogP contribution in [0.5, 0.6) is 0 Å². The molecule has 0 unspecified atom stereocenters. The van der Waals surface area contributed by atoms with Gasteiger partial charge in [-0.3, -0.25) is 4.79 Å². The first-order valence-corrected chi connectivity index (χ1v) is 9.69. The first kappa shape index (κ1) is 17.0. The average Bonchev–Trinajstić information content (AvgIpc) is 3.13. The highest BCUT2D eigenvalue weighted by Gasteiger charge is 2.25.